The first kappa shape index (κ1) is 15.0. The van der Waals surface area contributed by atoms with Crippen molar-refractivity contribution in [3.05, 3.63) is 30.3 Å². The molecule has 0 N–H and O–H groups in total. The summed E-state index contributed by atoms with van der Waals surface area (Å²) in [4.78, 5) is 24.0. The van der Waals surface area contributed by atoms with Crippen LogP contribution in [0.2, 0.25) is 0 Å². The van der Waals surface area contributed by atoms with Gasteiger partial charge in [-0.2, -0.15) is 5.10 Å². The fraction of sp³-hybridized carbons (Fsp3) is 0.400. The van der Waals surface area contributed by atoms with Crippen molar-refractivity contribution in [2.45, 2.75) is 13.8 Å². The maximum atomic E-state index is 12.0. The SMILES string of the molecule is CCOC(=O)C1=NN(c2ccccc2)C[C@H]1C(=O)OCC. The predicted molar refractivity (Wildman–Crippen MR) is 78.0 cm³/mol. The van der Waals surface area contributed by atoms with Gasteiger partial charge < -0.3 is 9.47 Å². The van der Waals surface area contributed by atoms with Crippen molar-refractivity contribution in [2.24, 2.45) is 11.0 Å². The molecule has 0 saturated heterocycles. The van der Waals surface area contributed by atoms with Gasteiger partial charge in [-0.1, -0.05) is 18.2 Å². The van der Waals surface area contributed by atoms with E-state index in [-0.39, 0.29) is 25.5 Å². The fourth-order valence-electron chi connectivity index (χ4n) is 2.08. The Labute approximate surface area is 123 Å². The highest BCUT2D eigenvalue weighted by molar-refractivity contribution is 6.41. The van der Waals surface area contributed by atoms with Crippen LogP contribution in [-0.4, -0.2) is 37.4 Å². The largest absolute Gasteiger partial charge is 0.465 e. The molecule has 1 aliphatic rings. The third kappa shape index (κ3) is 3.39. The minimum absolute atomic E-state index is 0.0964. The summed E-state index contributed by atoms with van der Waals surface area (Å²) in [5.74, 6) is -1.75. The quantitative estimate of drug-likeness (QED) is 0.771. The third-order valence-electron chi connectivity index (χ3n) is 3.02. The van der Waals surface area contributed by atoms with Gasteiger partial charge in [0, 0.05) is 0 Å². The summed E-state index contributed by atoms with van der Waals surface area (Å²) in [5.41, 5.74) is 0.908. The van der Waals surface area contributed by atoms with Crippen LogP contribution >= 0.6 is 0 Å². The van der Waals surface area contributed by atoms with E-state index in [1.54, 1.807) is 18.9 Å². The summed E-state index contributed by atoms with van der Waals surface area (Å²) in [6.45, 7) is 4.21. The van der Waals surface area contributed by atoms with Crippen LogP contribution in [0.15, 0.2) is 35.4 Å². The number of benzene rings is 1. The highest BCUT2D eigenvalue weighted by Crippen LogP contribution is 2.23. The number of carbonyl (C=O) groups is 2. The normalized spacial score (nSPS) is 17.3. The molecule has 1 aromatic carbocycles. The number of hydrazone groups is 1. The average molecular weight is 290 g/mol. The Bertz CT molecular complexity index is 542. The molecule has 0 amide bonds. The molecule has 0 unspecified atom stereocenters. The van der Waals surface area contributed by atoms with Crippen molar-refractivity contribution in [1.29, 1.82) is 0 Å². The molecule has 0 spiro atoms. The van der Waals surface area contributed by atoms with E-state index in [0.29, 0.717) is 0 Å². The Morgan fingerprint density at radius 2 is 1.86 bits per heavy atom. The Hall–Kier alpha value is -2.37. The Morgan fingerprint density at radius 1 is 1.19 bits per heavy atom. The Morgan fingerprint density at radius 3 is 2.48 bits per heavy atom. The molecule has 6 nitrogen and oxygen atoms in total. The van der Waals surface area contributed by atoms with Gasteiger partial charge in [0.05, 0.1) is 25.4 Å². The molecule has 0 radical (unpaired) electrons. The van der Waals surface area contributed by atoms with Crippen molar-refractivity contribution < 1.29 is 19.1 Å². The fourth-order valence-corrected chi connectivity index (χ4v) is 2.08. The standard InChI is InChI=1S/C15H18N2O4/c1-3-20-14(18)12-10-17(11-8-6-5-7-9-11)16-13(12)15(19)21-4-2/h5-9,12H,3-4,10H2,1-2H3/t12-/m1/s1. The lowest BCUT2D eigenvalue weighted by molar-refractivity contribution is -0.146. The van der Waals surface area contributed by atoms with Crippen LogP contribution in [0, 0.1) is 5.92 Å². The number of carbonyl (C=O) groups excluding carboxylic acids is 2. The summed E-state index contributed by atoms with van der Waals surface area (Å²) in [6, 6.07) is 9.34. The molecule has 0 bridgehead atoms. The Kier molecular flexibility index (Phi) is 4.92. The summed E-state index contributed by atoms with van der Waals surface area (Å²) in [5, 5.41) is 5.86. The number of hydrogen-bond donors (Lipinski definition) is 0. The van der Waals surface area contributed by atoms with Gasteiger partial charge in [0.25, 0.3) is 0 Å². The van der Waals surface area contributed by atoms with Crippen LogP contribution in [0.1, 0.15) is 13.8 Å². The number of rotatable bonds is 5. The second-order valence-corrected chi connectivity index (χ2v) is 4.43. The minimum Gasteiger partial charge on any atom is -0.465 e. The van der Waals surface area contributed by atoms with Gasteiger partial charge in [-0.15, -0.1) is 0 Å². The molecule has 0 saturated carbocycles. The van der Waals surface area contributed by atoms with Crippen molar-refractivity contribution >= 4 is 23.3 Å². The molecule has 1 heterocycles. The lowest BCUT2D eigenvalue weighted by Gasteiger charge is -2.15. The van der Waals surface area contributed by atoms with E-state index in [0.717, 1.165) is 5.69 Å². The average Bonchev–Trinajstić information content (AvgIpc) is 2.94. The second kappa shape index (κ2) is 6.88. The Balaban J connectivity index is 2.24. The van der Waals surface area contributed by atoms with E-state index in [1.807, 2.05) is 30.3 Å². The van der Waals surface area contributed by atoms with Crippen LogP contribution < -0.4 is 5.01 Å². The van der Waals surface area contributed by atoms with E-state index in [9.17, 15) is 9.59 Å². The molecular formula is C15H18N2O4. The van der Waals surface area contributed by atoms with Crippen molar-refractivity contribution in [2.75, 3.05) is 24.8 Å². The van der Waals surface area contributed by atoms with Crippen molar-refractivity contribution in [1.82, 2.24) is 0 Å². The van der Waals surface area contributed by atoms with E-state index < -0.39 is 17.9 Å². The van der Waals surface area contributed by atoms with Gasteiger partial charge in [-0.3, -0.25) is 9.80 Å². The topological polar surface area (TPSA) is 68.2 Å². The maximum absolute atomic E-state index is 12.0. The zero-order valence-electron chi connectivity index (χ0n) is 12.1. The molecular weight excluding hydrogens is 272 g/mol. The van der Waals surface area contributed by atoms with Crippen LogP contribution in [0.5, 0.6) is 0 Å². The van der Waals surface area contributed by atoms with Crippen LogP contribution in [0.4, 0.5) is 5.69 Å². The minimum atomic E-state index is -0.718. The molecule has 0 aliphatic carbocycles. The summed E-state index contributed by atoms with van der Waals surface area (Å²) >= 11 is 0. The van der Waals surface area contributed by atoms with E-state index in [4.69, 9.17) is 9.47 Å². The molecule has 112 valence electrons. The summed E-state index contributed by atoms with van der Waals surface area (Å²) < 4.78 is 9.98. The first-order chi connectivity index (χ1) is 10.2. The zero-order valence-corrected chi connectivity index (χ0v) is 12.1. The van der Waals surface area contributed by atoms with Crippen molar-refractivity contribution in [3.8, 4) is 0 Å². The van der Waals surface area contributed by atoms with Crippen LogP contribution in [0.25, 0.3) is 0 Å². The van der Waals surface area contributed by atoms with E-state index in [2.05, 4.69) is 5.10 Å². The number of nitrogens with zero attached hydrogens (tertiary/aromatic N) is 2. The molecule has 6 heteroatoms. The predicted octanol–water partition coefficient (Wildman–Crippen LogP) is 1.60. The lowest BCUT2D eigenvalue weighted by Crippen LogP contribution is -2.33. The van der Waals surface area contributed by atoms with Gasteiger partial charge in [0.1, 0.15) is 5.92 Å². The molecule has 0 fully saturated rings. The van der Waals surface area contributed by atoms with Crippen molar-refractivity contribution in [3.63, 3.8) is 0 Å². The van der Waals surface area contributed by atoms with Gasteiger partial charge >= 0.3 is 11.9 Å². The number of para-hydroxylation sites is 1. The molecule has 1 atom stereocenters. The number of hydrogen-bond acceptors (Lipinski definition) is 6. The monoisotopic (exact) mass is 290 g/mol. The van der Waals surface area contributed by atoms with E-state index in [1.165, 1.54) is 0 Å². The first-order valence-electron chi connectivity index (χ1n) is 6.92. The summed E-state index contributed by atoms with van der Waals surface area (Å²) in [6.07, 6.45) is 0. The van der Waals surface area contributed by atoms with Crippen LogP contribution in [0.3, 0.4) is 0 Å². The first-order valence-corrected chi connectivity index (χ1v) is 6.92. The van der Waals surface area contributed by atoms with Gasteiger partial charge in [-0.25, -0.2) is 4.79 Å². The molecule has 0 aromatic heterocycles. The smallest absolute Gasteiger partial charge is 0.355 e. The molecule has 1 aromatic rings. The van der Waals surface area contributed by atoms with Gasteiger partial charge in [0.15, 0.2) is 5.71 Å². The molecule has 1 aliphatic heterocycles. The zero-order chi connectivity index (χ0) is 15.2. The van der Waals surface area contributed by atoms with Crippen LogP contribution in [-0.2, 0) is 19.1 Å². The lowest BCUT2D eigenvalue weighted by atomic mass is 10.0. The highest BCUT2D eigenvalue weighted by Gasteiger charge is 2.39. The second-order valence-electron chi connectivity index (χ2n) is 4.43. The number of esters is 2. The number of anilines is 1. The maximum Gasteiger partial charge on any atom is 0.355 e. The van der Waals surface area contributed by atoms with Gasteiger partial charge in [-0.05, 0) is 26.0 Å². The highest BCUT2D eigenvalue weighted by atomic mass is 16.5. The molecule has 2 rings (SSSR count). The molecule has 21 heavy (non-hydrogen) atoms. The number of ether oxygens (including phenoxy) is 2. The van der Waals surface area contributed by atoms with Gasteiger partial charge in [0.2, 0.25) is 0 Å². The summed E-state index contributed by atoms with van der Waals surface area (Å²) in [7, 11) is 0. The van der Waals surface area contributed by atoms with E-state index >= 15 is 0 Å². The third-order valence-corrected chi connectivity index (χ3v) is 3.02.